The van der Waals surface area contributed by atoms with Gasteiger partial charge < -0.3 is 22.5 Å². The Bertz CT molecular complexity index is 712. The number of thiophene rings is 1. The molecule has 0 aliphatic carbocycles. The first-order chi connectivity index (χ1) is 9.26. The van der Waals surface area contributed by atoms with Crippen LogP contribution in [0.4, 0.5) is 11.5 Å². The van der Waals surface area contributed by atoms with Crippen LogP contribution < -0.4 is 22.5 Å². The fourth-order valence-electron chi connectivity index (χ4n) is 1.89. The molecule has 104 valence electrons. The van der Waals surface area contributed by atoms with Crippen LogP contribution in [0.3, 0.4) is 0 Å². The zero-order valence-corrected chi connectivity index (χ0v) is 12.6. The minimum atomic E-state index is 0. The van der Waals surface area contributed by atoms with Gasteiger partial charge in [0.05, 0.1) is 12.5 Å². The van der Waals surface area contributed by atoms with Crippen molar-refractivity contribution >= 4 is 33.1 Å². The predicted octanol–water partition coefficient (Wildman–Crippen LogP) is 0.756. The molecule has 6 heteroatoms. The summed E-state index contributed by atoms with van der Waals surface area (Å²) < 4.78 is 5.14. The number of rotatable bonds is 3. The van der Waals surface area contributed by atoms with Crippen LogP contribution in [0.1, 0.15) is 4.88 Å². The van der Waals surface area contributed by atoms with Crippen molar-refractivity contribution in [3.63, 3.8) is 0 Å². The summed E-state index contributed by atoms with van der Waals surface area (Å²) in [4.78, 5) is 10.8. The van der Waals surface area contributed by atoms with Crippen LogP contribution in [-0.4, -0.2) is 17.1 Å². The summed E-state index contributed by atoms with van der Waals surface area (Å²) >= 11 is 1.67. The van der Waals surface area contributed by atoms with Crippen molar-refractivity contribution in [3.05, 3.63) is 41.5 Å². The number of anilines is 2. The number of methoxy groups -OCH3 is 1. The molecular weight excluding hydrogens is 294 g/mol. The van der Waals surface area contributed by atoms with Crippen LogP contribution in [0.5, 0.6) is 5.75 Å². The van der Waals surface area contributed by atoms with Gasteiger partial charge in [0, 0.05) is 10.6 Å². The van der Waals surface area contributed by atoms with Crippen LogP contribution >= 0.6 is 11.3 Å². The number of nitrogens with zero attached hydrogens (tertiary/aromatic N) is 2. The normalized spacial score (nSPS) is 10.1. The molecule has 0 saturated heterocycles. The van der Waals surface area contributed by atoms with Crippen LogP contribution in [-0.2, 0) is 0 Å². The molecule has 0 bridgehead atoms. The van der Waals surface area contributed by atoms with E-state index in [2.05, 4.69) is 28.3 Å². The quantitative estimate of drug-likeness (QED) is 0.776. The molecule has 2 heterocycles. The molecule has 2 aromatic heterocycles. The molecule has 1 N–H and O–H groups in total. The van der Waals surface area contributed by atoms with Gasteiger partial charge in [-0.1, -0.05) is 0 Å². The summed E-state index contributed by atoms with van der Waals surface area (Å²) in [5.74, 6) is 1.67. The largest absolute Gasteiger partial charge is 1.00 e. The lowest BCUT2D eigenvalue weighted by Gasteiger charge is -2.07. The molecule has 0 aliphatic rings. The van der Waals surface area contributed by atoms with Gasteiger partial charge in [-0.05, 0) is 37.3 Å². The SMILES string of the molecule is COc1ccc(Nc2ncnc3sc(C)cc23)cc1.[Cl-]. The summed E-state index contributed by atoms with van der Waals surface area (Å²) in [5.41, 5.74) is 0.977. The summed E-state index contributed by atoms with van der Waals surface area (Å²) in [6, 6.07) is 9.86. The van der Waals surface area contributed by atoms with Crippen molar-refractivity contribution in [2.45, 2.75) is 6.92 Å². The van der Waals surface area contributed by atoms with Crippen molar-refractivity contribution in [3.8, 4) is 5.75 Å². The Kier molecular flexibility index (Phi) is 4.42. The fourth-order valence-corrected chi connectivity index (χ4v) is 2.73. The molecule has 0 radical (unpaired) electrons. The Morgan fingerprint density at radius 1 is 1.15 bits per heavy atom. The molecule has 0 atom stereocenters. The zero-order valence-electron chi connectivity index (χ0n) is 11.1. The van der Waals surface area contributed by atoms with Crippen LogP contribution in [0.2, 0.25) is 0 Å². The molecule has 0 amide bonds. The monoisotopic (exact) mass is 306 g/mol. The van der Waals surface area contributed by atoms with Crippen LogP contribution in [0.25, 0.3) is 10.2 Å². The van der Waals surface area contributed by atoms with E-state index >= 15 is 0 Å². The van der Waals surface area contributed by atoms with Gasteiger partial charge in [0.15, 0.2) is 0 Å². The highest BCUT2D eigenvalue weighted by Crippen LogP contribution is 2.29. The number of fused-ring (bicyclic) bond motifs is 1. The minimum Gasteiger partial charge on any atom is -1.00 e. The van der Waals surface area contributed by atoms with Gasteiger partial charge in [0.2, 0.25) is 0 Å². The molecule has 0 fully saturated rings. The fraction of sp³-hybridized carbons (Fsp3) is 0.143. The molecular formula is C14H13ClN3OS-. The van der Waals surface area contributed by atoms with Gasteiger partial charge in [-0.2, -0.15) is 0 Å². The number of ether oxygens (including phenoxy) is 1. The molecule has 0 spiro atoms. The molecule has 0 saturated carbocycles. The third-order valence-electron chi connectivity index (χ3n) is 2.81. The Balaban J connectivity index is 0.00000147. The first-order valence-corrected chi connectivity index (χ1v) is 6.70. The van der Waals surface area contributed by atoms with Crippen molar-refractivity contribution in [2.75, 3.05) is 12.4 Å². The Hall–Kier alpha value is -1.85. The summed E-state index contributed by atoms with van der Waals surface area (Å²) in [6.07, 6.45) is 1.59. The maximum Gasteiger partial charge on any atom is 0.142 e. The first kappa shape index (κ1) is 14.6. The van der Waals surface area contributed by atoms with Crippen molar-refractivity contribution < 1.29 is 17.1 Å². The molecule has 1 aromatic carbocycles. The second-order valence-corrected chi connectivity index (χ2v) is 5.39. The predicted molar refractivity (Wildman–Crippen MR) is 78.4 cm³/mol. The van der Waals surface area contributed by atoms with Gasteiger partial charge >= 0.3 is 0 Å². The van der Waals surface area contributed by atoms with E-state index in [0.717, 1.165) is 27.5 Å². The third-order valence-corrected chi connectivity index (χ3v) is 3.76. The summed E-state index contributed by atoms with van der Waals surface area (Å²) in [7, 11) is 1.66. The maximum atomic E-state index is 5.14. The number of benzene rings is 1. The molecule has 4 nitrogen and oxygen atoms in total. The van der Waals surface area contributed by atoms with E-state index in [-0.39, 0.29) is 12.4 Å². The lowest BCUT2D eigenvalue weighted by Crippen LogP contribution is -3.00. The van der Waals surface area contributed by atoms with Gasteiger partial charge in [-0.3, -0.25) is 0 Å². The molecule has 3 rings (SSSR count). The van der Waals surface area contributed by atoms with E-state index in [4.69, 9.17) is 4.74 Å². The average Bonchev–Trinajstić information content (AvgIpc) is 2.81. The standard InChI is InChI=1S/C14H13N3OS.ClH/c1-9-7-12-13(15-8-16-14(12)19-9)17-10-3-5-11(18-2)6-4-10;/h3-8H,1-2H3,(H,15,16,17);1H/p-1. The van der Waals surface area contributed by atoms with Gasteiger partial charge in [0.25, 0.3) is 0 Å². The highest BCUT2D eigenvalue weighted by molar-refractivity contribution is 7.18. The maximum absolute atomic E-state index is 5.14. The first-order valence-electron chi connectivity index (χ1n) is 5.88. The van der Waals surface area contributed by atoms with Crippen LogP contribution in [0.15, 0.2) is 36.7 Å². The Morgan fingerprint density at radius 2 is 1.90 bits per heavy atom. The molecule has 3 aromatic rings. The Morgan fingerprint density at radius 3 is 2.60 bits per heavy atom. The smallest absolute Gasteiger partial charge is 0.142 e. The highest BCUT2D eigenvalue weighted by atomic mass is 35.5. The molecule has 20 heavy (non-hydrogen) atoms. The van der Waals surface area contributed by atoms with Crippen molar-refractivity contribution in [1.82, 2.24) is 9.97 Å². The topological polar surface area (TPSA) is 47.0 Å². The number of aromatic nitrogens is 2. The van der Waals surface area contributed by atoms with Crippen molar-refractivity contribution in [2.24, 2.45) is 0 Å². The van der Waals surface area contributed by atoms with Crippen molar-refractivity contribution in [1.29, 1.82) is 0 Å². The number of halogens is 1. The number of hydrogen-bond acceptors (Lipinski definition) is 5. The van der Waals surface area contributed by atoms with E-state index in [1.54, 1.807) is 24.8 Å². The molecule has 0 aliphatic heterocycles. The van der Waals surface area contributed by atoms with E-state index in [0.29, 0.717) is 0 Å². The lowest BCUT2D eigenvalue weighted by molar-refractivity contribution is -0.00000418. The second kappa shape index (κ2) is 6.07. The Labute approximate surface area is 127 Å². The third kappa shape index (κ3) is 2.84. The summed E-state index contributed by atoms with van der Waals surface area (Å²) in [6.45, 7) is 2.07. The van der Waals surface area contributed by atoms with Crippen LogP contribution in [0, 0.1) is 6.92 Å². The van der Waals surface area contributed by atoms with E-state index < -0.39 is 0 Å². The lowest BCUT2D eigenvalue weighted by atomic mass is 10.3. The van der Waals surface area contributed by atoms with E-state index in [1.165, 1.54) is 4.88 Å². The zero-order chi connectivity index (χ0) is 13.2. The number of nitrogens with one attached hydrogen (secondary N) is 1. The van der Waals surface area contributed by atoms with Gasteiger partial charge in [-0.25, -0.2) is 9.97 Å². The second-order valence-electron chi connectivity index (χ2n) is 4.15. The van der Waals surface area contributed by atoms with E-state index in [9.17, 15) is 0 Å². The van der Waals surface area contributed by atoms with E-state index in [1.807, 2.05) is 24.3 Å². The average molecular weight is 307 g/mol. The minimum absolute atomic E-state index is 0. The van der Waals surface area contributed by atoms with Gasteiger partial charge in [0.1, 0.15) is 22.7 Å². The summed E-state index contributed by atoms with van der Waals surface area (Å²) in [5, 5.41) is 4.37. The number of hydrogen-bond donors (Lipinski definition) is 1. The molecule has 0 unspecified atom stereocenters. The number of aryl methyl sites for hydroxylation is 1. The highest BCUT2D eigenvalue weighted by Gasteiger charge is 2.07. The van der Waals surface area contributed by atoms with Gasteiger partial charge in [-0.15, -0.1) is 11.3 Å².